The molecule has 0 radical (unpaired) electrons. The first-order valence-corrected chi connectivity index (χ1v) is 12.8. The predicted octanol–water partition coefficient (Wildman–Crippen LogP) is 5.33. The highest BCUT2D eigenvalue weighted by Gasteiger charge is 2.33. The van der Waals surface area contributed by atoms with Gasteiger partial charge in [0.2, 0.25) is 5.91 Å². The van der Waals surface area contributed by atoms with Gasteiger partial charge >= 0.3 is 0 Å². The van der Waals surface area contributed by atoms with Crippen molar-refractivity contribution in [2.75, 3.05) is 5.75 Å². The Labute approximate surface area is 204 Å². The fraction of sp³-hybridized carbons (Fsp3) is 0.423. The van der Waals surface area contributed by atoms with E-state index in [1.807, 2.05) is 30.3 Å². The van der Waals surface area contributed by atoms with Crippen molar-refractivity contribution >= 4 is 17.7 Å². The lowest BCUT2D eigenvalue weighted by atomic mass is 10.1. The number of halogens is 1. The number of hydrogen-bond donors (Lipinski definition) is 0. The quantitative estimate of drug-likeness (QED) is 0.327. The van der Waals surface area contributed by atoms with E-state index in [0.29, 0.717) is 29.8 Å². The molecule has 0 unspecified atom stereocenters. The topological polar surface area (TPSA) is 60.2 Å². The van der Waals surface area contributed by atoms with Crippen LogP contribution in [-0.4, -0.2) is 37.4 Å². The number of thioether (sulfide) groups is 1. The van der Waals surface area contributed by atoms with Crippen LogP contribution in [0.25, 0.3) is 0 Å². The average Bonchev–Trinajstić information content (AvgIpc) is 3.60. The lowest BCUT2D eigenvalue weighted by Crippen LogP contribution is -2.34. The Morgan fingerprint density at radius 2 is 1.88 bits per heavy atom. The molecule has 1 aromatic heterocycles. The highest BCUT2D eigenvalue weighted by atomic mass is 32.2. The molecule has 0 N–H and O–H groups in total. The smallest absolute Gasteiger partial charge is 0.233 e. The number of carbonyl (C=O) groups is 1. The third-order valence-electron chi connectivity index (χ3n) is 5.77. The third-order valence-corrected chi connectivity index (χ3v) is 6.72. The van der Waals surface area contributed by atoms with E-state index in [4.69, 9.17) is 4.74 Å². The van der Waals surface area contributed by atoms with Gasteiger partial charge in [0.15, 0.2) is 11.0 Å². The molecule has 3 aromatic rings. The first-order chi connectivity index (χ1) is 16.5. The number of ether oxygens (including phenoxy) is 1. The van der Waals surface area contributed by atoms with Crippen molar-refractivity contribution in [1.82, 2.24) is 19.7 Å². The van der Waals surface area contributed by atoms with Crippen LogP contribution >= 0.6 is 11.8 Å². The van der Waals surface area contributed by atoms with Crippen molar-refractivity contribution in [3.05, 3.63) is 71.8 Å². The van der Waals surface area contributed by atoms with E-state index in [0.717, 1.165) is 37.4 Å². The van der Waals surface area contributed by atoms with E-state index < -0.39 is 0 Å². The number of para-hydroxylation sites is 1. The van der Waals surface area contributed by atoms with E-state index in [1.165, 1.54) is 17.8 Å². The summed E-state index contributed by atoms with van der Waals surface area (Å²) in [6.07, 6.45) is 2.91. The van der Waals surface area contributed by atoms with E-state index in [-0.39, 0.29) is 23.5 Å². The second-order valence-electron chi connectivity index (χ2n) is 8.97. The Morgan fingerprint density at radius 1 is 1.15 bits per heavy atom. The zero-order chi connectivity index (χ0) is 23.9. The van der Waals surface area contributed by atoms with Crippen LogP contribution in [0.15, 0.2) is 59.8 Å². The number of nitrogens with zero attached hydrogens (tertiary/aromatic N) is 4. The second-order valence-corrected chi connectivity index (χ2v) is 9.91. The van der Waals surface area contributed by atoms with Gasteiger partial charge in [-0.2, -0.15) is 0 Å². The molecule has 1 fully saturated rings. The molecule has 0 atom stereocenters. The summed E-state index contributed by atoms with van der Waals surface area (Å²) in [6, 6.07) is 16.5. The minimum atomic E-state index is -0.273. The molecule has 0 aliphatic heterocycles. The molecule has 2 aromatic carbocycles. The number of amides is 1. The molecule has 1 amide bonds. The molecule has 1 aliphatic carbocycles. The first-order valence-electron chi connectivity index (χ1n) is 11.8. The van der Waals surface area contributed by atoms with Gasteiger partial charge in [-0.3, -0.25) is 4.79 Å². The van der Waals surface area contributed by atoms with Crippen molar-refractivity contribution in [1.29, 1.82) is 0 Å². The number of hydrogen-bond acceptors (Lipinski definition) is 5. The van der Waals surface area contributed by atoms with Crippen LogP contribution in [0, 0.1) is 11.7 Å². The van der Waals surface area contributed by atoms with Gasteiger partial charge in [0.05, 0.1) is 5.75 Å². The van der Waals surface area contributed by atoms with Crippen LogP contribution in [0.1, 0.15) is 44.5 Å². The molecule has 0 saturated heterocycles. The number of aromatic nitrogens is 3. The maximum absolute atomic E-state index is 14.2. The third kappa shape index (κ3) is 6.59. The lowest BCUT2D eigenvalue weighted by Gasteiger charge is -2.22. The van der Waals surface area contributed by atoms with Crippen LogP contribution in [-0.2, 0) is 24.5 Å². The summed E-state index contributed by atoms with van der Waals surface area (Å²) in [4.78, 5) is 14.9. The minimum absolute atomic E-state index is 0.00347. The van der Waals surface area contributed by atoms with Gasteiger partial charge in [-0.25, -0.2) is 4.39 Å². The molecule has 1 saturated carbocycles. The molecule has 180 valence electrons. The normalized spacial score (nSPS) is 13.3. The monoisotopic (exact) mass is 482 g/mol. The highest BCUT2D eigenvalue weighted by Crippen LogP contribution is 2.30. The van der Waals surface area contributed by atoms with Gasteiger partial charge in [-0.05, 0) is 43.4 Å². The summed E-state index contributed by atoms with van der Waals surface area (Å²) >= 11 is 1.39. The fourth-order valence-corrected chi connectivity index (χ4v) is 4.50. The van der Waals surface area contributed by atoms with Crippen LogP contribution in [0.3, 0.4) is 0 Å². The van der Waals surface area contributed by atoms with Gasteiger partial charge in [0.25, 0.3) is 0 Å². The number of rotatable bonds is 12. The zero-order valence-corrected chi connectivity index (χ0v) is 20.5. The molecule has 8 heteroatoms. The molecule has 34 heavy (non-hydrogen) atoms. The number of benzene rings is 2. The van der Waals surface area contributed by atoms with Crippen molar-refractivity contribution in [2.24, 2.45) is 5.92 Å². The average molecular weight is 483 g/mol. The summed E-state index contributed by atoms with van der Waals surface area (Å²) in [6.45, 7) is 5.72. The molecule has 1 aliphatic rings. The maximum Gasteiger partial charge on any atom is 0.233 e. The summed E-state index contributed by atoms with van der Waals surface area (Å²) in [5.74, 6) is 2.00. The summed E-state index contributed by atoms with van der Waals surface area (Å²) in [5.41, 5.74) is 0.549. The van der Waals surface area contributed by atoms with Crippen LogP contribution in [0.4, 0.5) is 4.39 Å². The molecule has 6 nitrogen and oxygen atoms in total. The van der Waals surface area contributed by atoms with Crippen LogP contribution in [0.5, 0.6) is 5.75 Å². The summed E-state index contributed by atoms with van der Waals surface area (Å²) in [5, 5.41) is 9.42. The SMILES string of the molecule is CC(C)CCn1c(COc2ccccc2)nnc1SCC(=O)N(Cc1ccccc1F)C1CC1. The molecule has 4 rings (SSSR count). The Balaban J connectivity index is 1.42. The molecule has 0 spiro atoms. The van der Waals surface area contributed by atoms with E-state index in [2.05, 4.69) is 28.6 Å². The standard InChI is InChI=1S/C26H31FN4O2S/c1-19(2)14-15-30-24(17-33-22-9-4-3-5-10-22)28-29-26(30)34-18-25(32)31(21-12-13-21)16-20-8-6-7-11-23(20)27/h3-11,19,21H,12-18H2,1-2H3. The molecule has 1 heterocycles. The predicted molar refractivity (Wildman–Crippen MR) is 131 cm³/mol. The van der Waals surface area contributed by atoms with E-state index in [1.54, 1.807) is 23.1 Å². The molecule has 0 bridgehead atoms. The second kappa shape index (κ2) is 11.5. The highest BCUT2D eigenvalue weighted by molar-refractivity contribution is 7.99. The Kier molecular flexibility index (Phi) is 8.21. The van der Waals surface area contributed by atoms with Crippen LogP contribution < -0.4 is 4.74 Å². The first kappa shape index (κ1) is 24.3. The summed E-state index contributed by atoms with van der Waals surface area (Å²) in [7, 11) is 0. The maximum atomic E-state index is 14.2. The van der Waals surface area contributed by atoms with Gasteiger partial charge < -0.3 is 14.2 Å². The Hall–Kier alpha value is -2.87. The van der Waals surface area contributed by atoms with Crippen molar-refractivity contribution in [3.8, 4) is 5.75 Å². The van der Waals surface area contributed by atoms with E-state index in [9.17, 15) is 9.18 Å². The lowest BCUT2D eigenvalue weighted by molar-refractivity contribution is -0.129. The summed E-state index contributed by atoms with van der Waals surface area (Å²) < 4.78 is 22.1. The van der Waals surface area contributed by atoms with Gasteiger partial charge in [-0.15, -0.1) is 10.2 Å². The molecular formula is C26H31FN4O2S. The van der Waals surface area contributed by atoms with Crippen molar-refractivity contribution in [2.45, 2.75) is 64.0 Å². The largest absolute Gasteiger partial charge is 0.486 e. The van der Waals surface area contributed by atoms with E-state index >= 15 is 0 Å². The van der Waals surface area contributed by atoms with Crippen LogP contribution in [0.2, 0.25) is 0 Å². The van der Waals surface area contributed by atoms with Crippen molar-refractivity contribution in [3.63, 3.8) is 0 Å². The zero-order valence-electron chi connectivity index (χ0n) is 19.7. The van der Waals surface area contributed by atoms with Crippen molar-refractivity contribution < 1.29 is 13.9 Å². The number of carbonyl (C=O) groups excluding carboxylic acids is 1. The Bertz CT molecular complexity index is 1090. The molecular weight excluding hydrogens is 451 g/mol. The van der Waals surface area contributed by atoms with Gasteiger partial charge in [0.1, 0.15) is 18.2 Å². The Morgan fingerprint density at radius 3 is 2.59 bits per heavy atom. The minimum Gasteiger partial charge on any atom is -0.486 e. The fourth-order valence-electron chi connectivity index (χ4n) is 3.64. The van der Waals surface area contributed by atoms with Gasteiger partial charge in [0, 0.05) is 24.7 Å². The van der Waals surface area contributed by atoms with Gasteiger partial charge in [-0.1, -0.05) is 62.0 Å².